The number of benzene rings is 2. The molecule has 2 aromatic carbocycles. The summed E-state index contributed by atoms with van der Waals surface area (Å²) in [7, 11) is 1.57. The maximum atomic E-state index is 12.4. The monoisotopic (exact) mass is 404 g/mol. The van der Waals surface area contributed by atoms with Crippen molar-refractivity contribution in [2.24, 2.45) is 0 Å². The number of aromatic carboxylic acids is 1. The van der Waals surface area contributed by atoms with Crippen molar-refractivity contribution in [2.45, 2.75) is 0 Å². The summed E-state index contributed by atoms with van der Waals surface area (Å²) in [5.74, 6) is -1.33. The van der Waals surface area contributed by atoms with Crippen LogP contribution in [-0.4, -0.2) is 34.0 Å². The average molecular weight is 404 g/mol. The quantitative estimate of drug-likeness (QED) is 0.461. The molecule has 0 bridgehead atoms. The highest BCUT2D eigenvalue weighted by Gasteiger charge is 2.17. The molecule has 4 aromatic rings. The molecule has 29 heavy (non-hydrogen) atoms. The minimum absolute atomic E-state index is 0.00460. The van der Waals surface area contributed by atoms with Crippen molar-refractivity contribution >= 4 is 45.5 Å². The van der Waals surface area contributed by atoms with E-state index in [1.165, 1.54) is 22.9 Å². The van der Waals surface area contributed by atoms with Gasteiger partial charge >= 0.3 is 5.97 Å². The van der Waals surface area contributed by atoms with Crippen molar-refractivity contribution < 1.29 is 14.7 Å². The average Bonchev–Trinajstić information content (AvgIpc) is 3.24. The first-order valence-electron chi connectivity index (χ1n) is 8.73. The predicted octanol–water partition coefficient (Wildman–Crippen LogP) is 4.16. The number of rotatable bonds is 5. The van der Waals surface area contributed by atoms with Crippen molar-refractivity contribution in [3.63, 3.8) is 0 Å². The highest BCUT2D eigenvalue weighted by atomic mass is 32.1. The van der Waals surface area contributed by atoms with E-state index < -0.39 is 5.97 Å². The summed E-state index contributed by atoms with van der Waals surface area (Å²) >= 11 is 1.25. The number of amides is 1. The standard InChI is InChI=1S/C21H16N4O3S/c1-22-19(26)15-10-23-16-8-7-12(20-25-17(11-29-20)21(27)28)9-14(16)18(15)24-13-5-3-2-4-6-13/h2-11H,1H3,(H,22,26)(H,23,24)(H,27,28). The molecule has 3 N–H and O–H groups in total. The molecule has 0 saturated heterocycles. The Hall–Kier alpha value is -3.78. The number of nitrogens with one attached hydrogen (secondary N) is 2. The lowest BCUT2D eigenvalue weighted by Crippen LogP contribution is -2.19. The van der Waals surface area contributed by atoms with Crippen LogP contribution in [0.2, 0.25) is 0 Å². The fraction of sp³-hybridized carbons (Fsp3) is 0.0476. The fourth-order valence-corrected chi connectivity index (χ4v) is 3.73. The van der Waals surface area contributed by atoms with Crippen LogP contribution in [0, 0.1) is 0 Å². The molecule has 1 amide bonds. The number of carboxylic acids is 1. The third-order valence-electron chi connectivity index (χ3n) is 4.35. The molecule has 0 aliphatic heterocycles. The van der Waals surface area contributed by atoms with Crippen molar-refractivity contribution in [2.75, 3.05) is 12.4 Å². The molecule has 2 heterocycles. The molecular formula is C21H16N4O3S. The summed E-state index contributed by atoms with van der Waals surface area (Å²) in [5, 5.41) is 17.9. The number of carbonyl (C=O) groups is 2. The number of carboxylic acid groups (broad SMARTS) is 1. The van der Waals surface area contributed by atoms with Gasteiger partial charge in [0.2, 0.25) is 0 Å². The van der Waals surface area contributed by atoms with Gasteiger partial charge in [-0.15, -0.1) is 11.3 Å². The topological polar surface area (TPSA) is 104 Å². The molecule has 0 spiro atoms. The Morgan fingerprint density at radius 2 is 1.90 bits per heavy atom. The van der Waals surface area contributed by atoms with Gasteiger partial charge in [0, 0.05) is 35.3 Å². The van der Waals surface area contributed by atoms with E-state index in [1.54, 1.807) is 7.05 Å². The normalized spacial score (nSPS) is 10.7. The first-order chi connectivity index (χ1) is 14.1. The lowest BCUT2D eigenvalue weighted by Gasteiger charge is -2.14. The second kappa shape index (κ2) is 7.69. The molecule has 2 aromatic heterocycles. The first kappa shape index (κ1) is 18.6. The summed E-state index contributed by atoms with van der Waals surface area (Å²) in [6.07, 6.45) is 1.54. The molecule has 0 saturated carbocycles. The molecule has 0 aliphatic rings. The number of fused-ring (bicyclic) bond motifs is 1. The molecule has 0 radical (unpaired) electrons. The van der Waals surface area contributed by atoms with Crippen LogP contribution in [0.4, 0.5) is 11.4 Å². The van der Waals surface area contributed by atoms with E-state index in [9.17, 15) is 9.59 Å². The van der Waals surface area contributed by atoms with Crippen LogP contribution in [0.5, 0.6) is 0 Å². The lowest BCUT2D eigenvalue weighted by atomic mass is 10.1. The first-order valence-corrected chi connectivity index (χ1v) is 9.61. The molecule has 0 fully saturated rings. The highest BCUT2D eigenvalue weighted by molar-refractivity contribution is 7.13. The van der Waals surface area contributed by atoms with Crippen molar-refractivity contribution in [3.8, 4) is 10.6 Å². The molecule has 0 atom stereocenters. The summed E-state index contributed by atoms with van der Waals surface area (Å²) in [6, 6.07) is 15.1. The second-order valence-corrected chi connectivity index (χ2v) is 7.05. The molecule has 4 rings (SSSR count). The number of para-hydroxylation sites is 1. The number of anilines is 2. The summed E-state index contributed by atoms with van der Waals surface area (Å²) < 4.78 is 0. The third-order valence-corrected chi connectivity index (χ3v) is 5.24. The molecule has 8 heteroatoms. The maximum absolute atomic E-state index is 12.4. The second-order valence-electron chi connectivity index (χ2n) is 6.19. The van der Waals surface area contributed by atoms with Gasteiger partial charge in [0.25, 0.3) is 5.91 Å². The fourth-order valence-electron chi connectivity index (χ4n) is 2.94. The largest absolute Gasteiger partial charge is 0.476 e. The number of pyridine rings is 1. The molecular weight excluding hydrogens is 388 g/mol. The van der Waals surface area contributed by atoms with Crippen LogP contribution < -0.4 is 10.6 Å². The van der Waals surface area contributed by atoms with Gasteiger partial charge < -0.3 is 15.7 Å². The molecule has 0 aliphatic carbocycles. The summed E-state index contributed by atoms with van der Waals surface area (Å²) in [6.45, 7) is 0. The zero-order valence-electron chi connectivity index (χ0n) is 15.3. The number of aromatic nitrogens is 2. The van der Waals surface area contributed by atoms with Gasteiger partial charge in [-0.25, -0.2) is 9.78 Å². The van der Waals surface area contributed by atoms with E-state index in [2.05, 4.69) is 20.6 Å². The Kier molecular flexibility index (Phi) is 4.92. The SMILES string of the molecule is CNC(=O)c1cnc2ccc(-c3nc(C(=O)O)cs3)cc2c1Nc1ccccc1. The van der Waals surface area contributed by atoms with Gasteiger partial charge in [0.15, 0.2) is 5.69 Å². The number of thiazole rings is 1. The zero-order chi connectivity index (χ0) is 20.4. The molecule has 144 valence electrons. The van der Waals surface area contributed by atoms with Gasteiger partial charge in [0.1, 0.15) is 5.01 Å². The molecule has 7 nitrogen and oxygen atoms in total. The summed E-state index contributed by atoms with van der Waals surface area (Å²) in [4.78, 5) is 32.2. The van der Waals surface area contributed by atoms with Crippen LogP contribution in [-0.2, 0) is 0 Å². The van der Waals surface area contributed by atoms with Crippen LogP contribution in [0.1, 0.15) is 20.8 Å². The Labute approximate surface area is 170 Å². The van der Waals surface area contributed by atoms with Crippen LogP contribution in [0.15, 0.2) is 60.1 Å². The predicted molar refractivity (Wildman–Crippen MR) is 113 cm³/mol. The van der Waals surface area contributed by atoms with Crippen molar-refractivity contribution in [1.29, 1.82) is 0 Å². The maximum Gasteiger partial charge on any atom is 0.355 e. The number of hydrogen-bond donors (Lipinski definition) is 3. The minimum atomic E-state index is -1.07. The van der Waals surface area contributed by atoms with Gasteiger partial charge in [-0.3, -0.25) is 9.78 Å². The van der Waals surface area contributed by atoms with Crippen LogP contribution >= 0.6 is 11.3 Å². The Morgan fingerprint density at radius 1 is 1.10 bits per heavy atom. The number of carbonyl (C=O) groups excluding carboxylic acids is 1. The smallest absolute Gasteiger partial charge is 0.355 e. The Balaban J connectivity index is 1.89. The third kappa shape index (κ3) is 3.65. The van der Waals surface area contributed by atoms with Crippen LogP contribution in [0.3, 0.4) is 0 Å². The van der Waals surface area contributed by atoms with E-state index in [0.717, 1.165) is 16.6 Å². The summed E-state index contributed by atoms with van der Waals surface area (Å²) in [5.41, 5.74) is 3.32. The van der Waals surface area contributed by atoms with Gasteiger partial charge in [-0.2, -0.15) is 0 Å². The zero-order valence-corrected chi connectivity index (χ0v) is 16.2. The highest BCUT2D eigenvalue weighted by Crippen LogP contribution is 2.33. The van der Waals surface area contributed by atoms with E-state index in [1.807, 2.05) is 48.5 Å². The molecule has 0 unspecified atom stereocenters. The van der Waals surface area contributed by atoms with E-state index in [0.29, 0.717) is 21.8 Å². The number of nitrogens with zero attached hydrogens (tertiary/aromatic N) is 2. The van der Waals surface area contributed by atoms with E-state index >= 15 is 0 Å². The Morgan fingerprint density at radius 3 is 2.59 bits per heavy atom. The van der Waals surface area contributed by atoms with E-state index in [-0.39, 0.29) is 11.6 Å². The van der Waals surface area contributed by atoms with Gasteiger partial charge in [0.05, 0.1) is 16.8 Å². The number of hydrogen-bond acceptors (Lipinski definition) is 6. The van der Waals surface area contributed by atoms with Crippen LogP contribution in [0.25, 0.3) is 21.5 Å². The minimum Gasteiger partial charge on any atom is -0.476 e. The van der Waals surface area contributed by atoms with Crippen molar-refractivity contribution in [3.05, 3.63) is 71.4 Å². The van der Waals surface area contributed by atoms with Gasteiger partial charge in [-0.1, -0.05) is 18.2 Å². The van der Waals surface area contributed by atoms with Gasteiger partial charge in [-0.05, 0) is 30.3 Å². The lowest BCUT2D eigenvalue weighted by molar-refractivity contribution is 0.0691. The Bertz CT molecular complexity index is 1220. The van der Waals surface area contributed by atoms with Crippen molar-refractivity contribution in [1.82, 2.24) is 15.3 Å². The van der Waals surface area contributed by atoms with E-state index in [4.69, 9.17) is 5.11 Å².